The zero-order valence-electron chi connectivity index (χ0n) is 7.54. The van der Waals surface area contributed by atoms with E-state index in [1.807, 2.05) is 0 Å². The first-order valence-corrected chi connectivity index (χ1v) is 4.60. The first-order valence-electron chi connectivity index (χ1n) is 4.22. The van der Waals surface area contributed by atoms with Gasteiger partial charge in [-0.15, -0.1) is 0 Å². The van der Waals surface area contributed by atoms with Crippen molar-refractivity contribution in [3.05, 3.63) is 22.7 Å². The van der Waals surface area contributed by atoms with Crippen molar-refractivity contribution in [2.75, 3.05) is 6.79 Å². The Bertz CT molecular complexity index is 387. The monoisotopic (exact) mass is 235 g/mol. The number of benzene rings is 1. The lowest BCUT2D eigenvalue weighted by molar-refractivity contribution is 0.116. The Hall–Kier alpha value is -1.07. The molecule has 0 amide bonds. The van der Waals surface area contributed by atoms with E-state index >= 15 is 0 Å². The van der Waals surface area contributed by atoms with Crippen LogP contribution in [0.25, 0.3) is 0 Å². The number of alkyl halides is 2. The third kappa shape index (κ3) is 1.85. The summed E-state index contributed by atoms with van der Waals surface area (Å²) in [7, 11) is 0. The standard InChI is InChI=1S/C9H8ClF2NO2/c10-5-1-4(7(13)9(11)12)2-6-8(5)15-3-14-6/h1-2,7,9H,3,13H2. The summed E-state index contributed by atoms with van der Waals surface area (Å²) in [4.78, 5) is 0. The second kappa shape index (κ2) is 3.83. The first kappa shape index (κ1) is 10.4. The highest BCUT2D eigenvalue weighted by Crippen LogP contribution is 2.41. The third-order valence-corrected chi connectivity index (χ3v) is 2.39. The molecule has 1 aromatic rings. The van der Waals surface area contributed by atoms with Crippen LogP contribution in [-0.4, -0.2) is 13.2 Å². The lowest BCUT2D eigenvalue weighted by atomic mass is 10.1. The largest absolute Gasteiger partial charge is 0.454 e. The van der Waals surface area contributed by atoms with Gasteiger partial charge in [-0.05, 0) is 17.7 Å². The minimum atomic E-state index is -2.64. The summed E-state index contributed by atoms with van der Waals surface area (Å²) in [6.45, 7) is 0.0441. The molecule has 0 spiro atoms. The van der Waals surface area contributed by atoms with Crippen molar-refractivity contribution in [2.24, 2.45) is 5.73 Å². The average Bonchev–Trinajstić information content (AvgIpc) is 2.64. The van der Waals surface area contributed by atoms with Gasteiger partial charge in [-0.2, -0.15) is 0 Å². The molecule has 1 atom stereocenters. The molecule has 0 fully saturated rings. The van der Waals surface area contributed by atoms with Gasteiger partial charge < -0.3 is 15.2 Å². The lowest BCUT2D eigenvalue weighted by Gasteiger charge is -2.11. The molecule has 0 radical (unpaired) electrons. The maximum absolute atomic E-state index is 12.4. The molecule has 6 heteroatoms. The van der Waals surface area contributed by atoms with Crippen LogP contribution in [0.15, 0.2) is 12.1 Å². The van der Waals surface area contributed by atoms with Crippen LogP contribution in [0.4, 0.5) is 8.78 Å². The maximum Gasteiger partial charge on any atom is 0.257 e. The van der Waals surface area contributed by atoms with E-state index in [0.29, 0.717) is 11.5 Å². The van der Waals surface area contributed by atoms with Gasteiger partial charge in [0.05, 0.1) is 11.1 Å². The quantitative estimate of drug-likeness (QED) is 0.856. The highest BCUT2D eigenvalue weighted by molar-refractivity contribution is 6.32. The smallest absolute Gasteiger partial charge is 0.257 e. The predicted molar refractivity (Wildman–Crippen MR) is 50.5 cm³/mol. The Morgan fingerprint density at radius 1 is 1.33 bits per heavy atom. The number of nitrogens with two attached hydrogens (primary N) is 1. The molecule has 1 aliphatic rings. The van der Waals surface area contributed by atoms with Crippen molar-refractivity contribution < 1.29 is 18.3 Å². The summed E-state index contributed by atoms with van der Waals surface area (Å²) in [5.74, 6) is 0.732. The number of rotatable bonds is 2. The van der Waals surface area contributed by atoms with Crippen LogP contribution < -0.4 is 15.2 Å². The van der Waals surface area contributed by atoms with Crippen molar-refractivity contribution in [1.29, 1.82) is 0 Å². The van der Waals surface area contributed by atoms with Crippen LogP contribution in [0.5, 0.6) is 11.5 Å². The van der Waals surface area contributed by atoms with E-state index < -0.39 is 12.5 Å². The Kier molecular flexibility index (Phi) is 2.67. The fourth-order valence-electron chi connectivity index (χ4n) is 1.33. The van der Waals surface area contributed by atoms with E-state index in [0.717, 1.165) is 0 Å². The van der Waals surface area contributed by atoms with Crippen LogP contribution in [0.3, 0.4) is 0 Å². The van der Waals surface area contributed by atoms with Gasteiger partial charge in [-0.3, -0.25) is 0 Å². The van der Waals surface area contributed by atoms with Crippen LogP contribution in [0.2, 0.25) is 5.02 Å². The number of hydrogen-bond acceptors (Lipinski definition) is 3. The summed E-state index contributed by atoms with van der Waals surface area (Å²) in [6.07, 6.45) is -2.64. The molecule has 0 bridgehead atoms. The van der Waals surface area contributed by atoms with Crippen LogP contribution >= 0.6 is 11.6 Å². The molecule has 1 aromatic carbocycles. The zero-order chi connectivity index (χ0) is 11.0. The van der Waals surface area contributed by atoms with Gasteiger partial charge in [0.1, 0.15) is 0 Å². The van der Waals surface area contributed by atoms with Crippen molar-refractivity contribution in [1.82, 2.24) is 0 Å². The van der Waals surface area contributed by atoms with Gasteiger partial charge in [0.2, 0.25) is 6.79 Å². The van der Waals surface area contributed by atoms with Crippen LogP contribution in [0, 0.1) is 0 Å². The highest BCUT2D eigenvalue weighted by atomic mass is 35.5. The van der Waals surface area contributed by atoms with E-state index in [9.17, 15) is 8.78 Å². The normalized spacial score (nSPS) is 15.8. The SMILES string of the molecule is NC(c1cc(Cl)c2c(c1)OCO2)C(F)F. The summed E-state index contributed by atoms with van der Waals surface area (Å²) in [6, 6.07) is 1.42. The zero-order valence-corrected chi connectivity index (χ0v) is 8.30. The first-order chi connectivity index (χ1) is 7.09. The Balaban J connectivity index is 2.39. The van der Waals surface area contributed by atoms with Gasteiger partial charge in [0.15, 0.2) is 11.5 Å². The number of fused-ring (bicyclic) bond motifs is 1. The molecule has 1 heterocycles. The molecule has 0 aliphatic carbocycles. The predicted octanol–water partition coefficient (Wildman–Crippen LogP) is 2.33. The molecular weight excluding hydrogens is 228 g/mol. The van der Waals surface area contributed by atoms with Crippen molar-refractivity contribution >= 4 is 11.6 Å². The molecular formula is C9H8ClF2NO2. The van der Waals surface area contributed by atoms with Gasteiger partial charge >= 0.3 is 0 Å². The van der Waals surface area contributed by atoms with Gasteiger partial charge in [0, 0.05) is 0 Å². The summed E-state index contributed by atoms with van der Waals surface area (Å²) >= 11 is 5.82. The third-order valence-electron chi connectivity index (χ3n) is 2.11. The summed E-state index contributed by atoms with van der Waals surface area (Å²) < 4.78 is 34.8. The second-order valence-electron chi connectivity index (χ2n) is 3.10. The topological polar surface area (TPSA) is 44.5 Å². The Morgan fingerprint density at radius 2 is 2.07 bits per heavy atom. The molecule has 2 rings (SSSR count). The molecule has 82 valence electrons. The fourth-order valence-corrected chi connectivity index (χ4v) is 1.60. The van der Waals surface area contributed by atoms with Gasteiger partial charge in [-0.25, -0.2) is 8.78 Å². The highest BCUT2D eigenvalue weighted by Gasteiger charge is 2.24. The van der Waals surface area contributed by atoms with Crippen molar-refractivity contribution in [2.45, 2.75) is 12.5 Å². The molecule has 0 saturated heterocycles. The molecule has 1 unspecified atom stereocenters. The number of ether oxygens (including phenoxy) is 2. The average molecular weight is 236 g/mol. The Morgan fingerprint density at radius 3 is 2.73 bits per heavy atom. The molecule has 1 aliphatic heterocycles. The number of hydrogen-bond donors (Lipinski definition) is 1. The fraction of sp³-hybridized carbons (Fsp3) is 0.333. The molecule has 0 aromatic heterocycles. The number of halogens is 3. The van der Waals surface area contributed by atoms with E-state index in [4.69, 9.17) is 26.8 Å². The minimum Gasteiger partial charge on any atom is -0.454 e. The van der Waals surface area contributed by atoms with E-state index in [1.54, 1.807) is 0 Å². The molecule has 0 saturated carbocycles. The van der Waals surface area contributed by atoms with E-state index in [1.165, 1.54) is 12.1 Å². The molecule has 15 heavy (non-hydrogen) atoms. The second-order valence-corrected chi connectivity index (χ2v) is 3.50. The maximum atomic E-state index is 12.4. The summed E-state index contributed by atoms with van der Waals surface area (Å²) in [5, 5.41) is 0.233. The van der Waals surface area contributed by atoms with Crippen LogP contribution in [0.1, 0.15) is 11.6 Å². The summed E-state index contributed by atoms with van der Waals surface area (Å²) in [5.41, 5.74) is 5.53. The van der Waals surface area contributed by atoms with Crippen molar-refractivity contribution in [3.8, 4) is 11.5 Å². The van der Waals surface area contributed by atoms with E-state index in [2.05, 4.69) is 0 Å². The van der Waals surface area contributed by atoms with Crippen molar-refractivity contribution in [3.63, 3.8) is 0 Å². The molecule has 3 nitrogen and oxygen atoms in total. The molecule has 2 N–H and O–H groups in total. The Labute approximate surface area is 89.7 Å². The van der Waals surface area contributed by atoms with Crippen LogP contribution in [-0.2, 0) is 0 Å². The minimum absolute atomic E-state index is 0.0441. The van der Waals surface area contributed by atoms with E-state index in [-0.39, 0.29) is 17.4 Å². The van der Waals surface area contributed by atoms with Gasteiger partial charge in [-0.1, -0.05) is 11.6 Å². The lowest BCUT2D eigenvalue weighted by Crippen LogP contribution is -2.18. The van der Waals surface area contributed by atoms with Gasteiger partial charge in [0.25, 0.3) is 6.43 Å².